The van der Waals surface area contributed by atoms with Crippen molar-refractivity contribution >= 4 is 11.6 Å². The van der Waals surface area contributed by atoms with Crippen molar-refractivity contribution in [3.8, 4) is 0 Å². The van der Waals surface area contributed by atoms with Crippen LogP contribution in [-0.2, 0) is 32.7 Å². The zero-order valence-corrected chi connectivity index (χ0v) is 8.39. The summed E-state index contributed by atoms with van der Waals surface area (Å²) in [6, 6.07) is 0. The molecular weight excluding hydrogens is 214 g/mol. The molecule has 3 nitrogen and oxygen atoms in total. The van der Waals surface area contributed by atoms with Crippen molar-refractivity contribution in [3.63, 3.8) is 0 Å². The van der Waals surface area contributed by atoms with Gasteiger partial charge in [0.1, 0.15) is 5.28 Å². The van der Waals surface area contributed by atoms with Crippen molar-refractivity contribution in [1.29, 1.82) is 0 Å². The standard InChI is InChI=1S/C4H3ClN3.Y/c1-3-6-2-7-4(5)8-3;/h1H3;/q-1;. The Morgan fingerprint density at radius 1 is 1.44 bits per heavy atom. The summed E-state index contributed by atoms with van der Waals surface area (Å²) in [6.07, 6.45) is 2.33. The fourth-order valence-corrected chi connectivity index (χ4v) is 0.482. The minimum atomic E-state index is 0. The Morgan fingerprint density at radius 2 is 2.11 bits per heavy atom. The molecule has 0 aliphatic carbocycles. The summed E-state index contributed by atoms with van der Waals surface area (Å²) in [5.41, 5.74) is 0. The van der Waals surface area contributed by atoms with Crippen LogP contribution in [0.4, 0.5) is 0 Å². The third-order valence-corrected chi connectivity index (χ3v) is 0.777. The van der Waals surface area contributed by atoms with Crippen LogP contribution < -0.4 is 0 Å². The van der Waals surface area contributed by atoms with Gasteiger partial charge in [0.05, 0.1) is 0 Å². The summed E-state index contributed by atoms with van der Waals surface area (Å²) in [4.78, 5) is 10.8. The Bertz CT molecular complexity index is 176. The van der Waals surface area contributed by atoms with Crippen LogP contribution in [0.25, 0.3) is 0 Å². The van der Waals surface area contributed by atoms with Gasteiger partial charge in [-0.25, -0.2) is 0 Å². The summed E-state index contributed by atoms with van der Waals surface area (Å²) in [5, 5.41) is 0.192. The van der Waals surface area contributed by atoms with Crippen LogP contribution in [0.15, 0.2) is 0 Å². The molecule has 0 aromatic carbocycles. The normalized spacial score (nSPS) is 8.22. The molecule has 0 fully saturated rings. The number of aromatic nitrogens is 3. The summed E-state index contributed by atoms with van der Waals surface area (Å²) in [5.74, 6) is 0.588. The first-order chi connectivity index (χ1) is 3.79. The Hall–Kier alpha value is 0.404. The first-order valence-corrected chi connectivity index (χ1v) is 2.41. The van der Waals surface area contributed by atoms with Gasteiger partial charge in [-0.3, -0.25) is 0 Å². The van der Waals surface area contributed by atoms with Gasteiger partial charge in [-0.2, -0.15) is 0 Å². The van der Waals surface area contributed by atoms with Gasteiger partial charge in [-0.15, -0.1) is 11.6 Å². The molecule has 0 N–H and O–H groups in total. The van der Waals surface area contributed by atoms with Gasteiger partial charge >= 0.3 is 0 Å². The van der Waals surface area contributed by atoms with Gasteiger partial charge in [0.2, 0.25) is 0 Å². The van der Waals surface area contributed by atoms with E-state index < -0.39 is 0 Å². The number of rotatable bonds is 0. The maximum atomic E-state index is 5.35. The van der Waals surface area contributed by atoms with E-state index >= 15 is 0 Å². The SMILES string of the molecule is Cc1n[c-]nc(Cl)n1.[Y]. The summed E-state index contributed by atoms with van der Waals surface area (Å²) in [6.45, 7) is 1.73. The second kappa shape index (κ2) is 4.26. The Labute approximate surface area is 83.1 Å². The molecule has 1 aromatic rings. The minimum absolute atomic E-state index is 0. The van der Waals surface area contributed by atoms with Gasteiger partial charge < -0.3 is 15.0 Å². The fourth-order valence-electron chi connectivity index (χ4n) is 0.322. The molecule has 0 unspecified atom stereocenters. The molecule has 1 radical (unpaired) electrons. The predicted molar refractivity (Wildman–Crippen MR) is 28.4 cm³/mol. The number of hydrogen-bond acceptors (Lipinski definition) is 3. The molecule has 1 aromatic heterocycles. The molecule has 0 atom stereocenters. The van der Waals surface area contributed by atoms with Gasteiger partial charge in [0.25, 0.3) is 0 Å². The van der Waals surface area contributed by atoms with Crippen molar-refractivity contribution in [2.75, 3.05) is 0 Å². The van der Waals surface area contributed by atoms with Crippen LogP contribution >= 0.6 is 11.6 Å². The molecule has 1 heterocycles. The summed E-state index contributed by atoms with van der Waals surface area (Å²) in [7, 11) is 0. The number of halogens is 1. The first kappa shape index (κ1) is 9.40. The molecule has 45 valence electrons. The molecule has 0 saturated heterocycles. The monoisotopic (exact) mass is 217 g/mol. The van der Waals surface area contributed by atoms with Gasteiger partial charge in [0, 0.05) is 44.9 Å². The average Bonchev–Trinajstić information content (AvgIpc) is 1.64. The molecule has 5 heteroatoms. The quantitative estimate of drug-likeness (QED) is 0.599. The number of hydrogen-bond donors (Lipinski definition) is 0. The van der Waals surface area contributed by atoms with Crippen molar-refractivity contribution in [1.82, 2.24) is 15.0 Å². The molecule has 0 spiro atoms. The number of nitrogens with zero attached hydrogens (tertiary/aromatic N) is 3. The Morgan fingerprint density at radius 3 is 2.44 bits per heavy atom. The molecular formula is C4H3ClN3Y-. The van der Waals surface area contributed by atoms with Crippen molar-refractivity contribution < 1.29 is 32.7 Å². The Kier molecular flexibility index (Phi) is 4.45. The third kappa shape index (κ3) is 3.18. The fraction of sp³-hybridized carbons (Fsp3) is 0.250. The van der Waals surface area contributed by atoms with Crippen LogP contribution in [0.2, 0.25) is 5.28 Å². The molecule has 0 amide bonds. The number of aryl methyl sites for hydroxylation is 1. The van der Waals surface area contributed by atoms with E-state index in [1.54, 1.807) is 6.92 Å². The van der Waals surface area contributed by atoms with E-state index in [0.717, 1.165) is 0 Å². The van der Waals surface area contributed by atoms with E-state index in [2.05, 4.69) is 21.3 Å². The van der Waals surface area contributed by atoms with Crippen LogP contribution in [0.3, 0.4) is 0 Å². The molecule has 0 saturated carbocycles. The molecule has 9 heavy (non-hydrogen) atoms. The Balaban J connectivity index is 0.000000640. The van der Waals surface area contributed by atoms with Crippen LogP contribution in [0.5, 0.6) is 0 Å². The second-order valence-electron chi connectivity index (χ2n) is 1.25. The predicted octanol–water partition coefficient (Wildman–Crippen LogP) is 0.631. The van der Waals surface area contributed by atoms with Crippen molar-refractivity contribution in [2.24, 2.45) is 0 Å². The van der Waals surface area contributed by atoms with Gasteiger partial charge in [-0.1, -0.05) is 6.92 Å². The molecule has 0 aliphatic rings. The maximum Gasteiger partial charge on any atom is 0.108 e. The molecule has 1 rings (SSSR count). The second-order valence-corrected chi connectivity index (χ2v) is 1.59. The van der Waals surface area contributed by atoms with Crippen molar-refractivity contribution in [3.05, 3.63) is 17.4 Å². The minimum Gasteiger partial charge on any atom is -0.353 e. The summed E-state index contributed by atoms with van der Waals surface area (Å²) >= 11 is 5.35. The van der Waals surface area contributed by atoms with Gasteiger partial charge in [0.15, 0.2) is 0 Å². The smallest absolute Gasteiger partial charge is 0.108 e. The zero-order valence-electron chi connectivity index (χ0n) is 4.80. The third-order valence-electron chi connectivity index (χ3n) is 0.608. The van der Waals surface area contributed by atoms with E-state index in [1.165, 1.54) is 0 Å². The zero-order chi connectivity index (χ0) is 5.98. The van der Waals surface area contributed by atoms with Crippen LogP contribution in [0.1, 0.15) is 5.82 Å². The van der Waals surface area contributed by atoms with Crippen LogP contribution in [0, 0.1) is 13.3 Å². The first-order valence-electron chi connectivity index (χ1n) is 2.03. The van der Waals surface area contributed by atoms with E-state index in [0.29, 0.717) is 5.82 Å². The van der Waals surface area contributed by atoms with E-state index in [4.69, 9.17) is 11.6 Å². The largest absolute Gasteiger partial charge is 0.353 e. The van der Waals surface area contributed by atoms with E-state index in [-0.39, 0.29) is 38.0 Å². The van der Waals surface area contributed by atoms with E-state index in [9.17, 15) is 0 Å². The topological polar surface area (TPSA) is 38.7 Å². The average molecular weight is 217 g/mol. The van der Waals surface area contributed by atoms with Crippen LogP contribution in [-0.4, -0.2) is 15.0 Å². The summed E-state index contributed by atoms with van der Waals surface area (Å²) < 4.78 is 0. The molecule has 0 aliphatic heterocycles. The maximum absolute atomic E-state index is 5.35. The molecule has 0 bridgehead atoms. The van der Waals surface area contributed by atoms with Crippen molar-refractivity contribution in [2.45, 2.75) is 6.92 Å². The van der Waals surface area contributed by atoms with Gasteiger partial charge in [-0.05, 0) is 0 Å². The van der Waals surface area contributed by atoms with E-state index in [1.807, 2.05) is 0 Å².